The monoisotopic (exact) mass is 446 g/mol. The second-order valence-corrected chi connectivity index (χ2v) is 7.67. The van der Waals surface area contributed by atoms with E-state index in [-0.39, 0.29) is 11.5 Å². The lowest BCUT2D eigenvalue weighted by Gasteiger charge is -2.11. The van der Waals surface area contributed by atoms with Gasteiger partial charge < -0.3 is 10.6 Å². The molecular formula is C24H23FN6O2. The molecule has 33 heavy (non-hydrogen) atoms. The number of nitrogens with one attached hydrogen (secondary N) is 2. The third-order valence-electron chi connectivity index (χ3n) is 5.35. The summed E-state index contributed by atoms with van der Waals surface area (Å²) in [7, 11) is 0. The van der Waals surface area contributed by atoms with Gasteiger partial charge in [-0.1, -0.05) is 18.2 Å². The number of carbonyl (C=O) groups is 2. The summed E-state index contributed by atoms with van der Waals surface area (Å²) in [6.07, 6.45) is 2.30. The summed E-state index contributed by atoms with van der Waals surface area (Å²) in [6.45, 7) is 4.16. The Bertz CT molecular complexity index is 1330. The molecule has 2 aromatic carbocycles. The van der Waals surface area contributed by atoms with Crippen LogP contribution in [0.3, 0.4) is 0 Å². The van der Waals surface area contributed by atoms with Gasteiger partial charge in [0.05, 0.1) is 0 Å². The number of rotatable bonds is 7. The van der Waals surface area contributed by atoms with Crippen LogP contribution in [0.25, 0.3) is 5.78 Å². The molecule has 4 aromatic rings. The summed E-state index contributed by atoms with van der Waals surface area (Å²) in [4.78, 5) is 33.3. The average molecular weight is 446 g/mol. The molecular weight excluding hydrogens is 423 g/mol. The van der Waals surface area contributed by atoms with Crippen LogP contribution in [0.2, 0.25) is 0 Å². The van der Waals surface area contributed by atoms with E-state index < -0.39 is 11.7 Å². The molecule has 2 aromatic heterocycles. The molecule has 0 radical (unpaired) electrons. The van der Waals surface area contributed by atoms with E-state index in [1.807, 2.05) is 19.9 Å². The van der Waals surface area contributed by atoms with Crippen molar-refractivity contribution in [3.05, 3.63) is 88.8 Å². The molecule has 0 saturated carbocycles. The summed E-state index contributed by atoms with van der Waals surface area (Å²) in [5, 5.41) is 9.82. The number of benzene rings is 2. The molecule has 8 nitrogen and oxygen atoms in total. The number of aromatic nitrogens is 4. The molecule has 0 aliphatic heterocycles. The zero-order valence-electron chi connectivity index (χ0n) is 18.3. The molecule has 9 heteroatoms. The van der Waals surface area contributed by atoms with Crippen LogP contribution in [0.15, 0.2) is 54.9 Å². The second kappa shape index (κ2) is 9.56. The van der Waals surface area contributed by atoms with Crippen molar-refractivity contribution < 1.29 is 14.0 Å². The number of aryl methyl sites for hydroxylation is 2. The van der Waals surface area contributed by atoms with E-state index in [1.54, 1.807) is 28.8 Å². The van der Waals surface area contributed by atoms with Crippen molar-refractivity contribution in [2.75, 3.05) is 5.32 Å². The molecule has 0 unspecified atom stereocenters. The predicted molar refractivity (Wildman–Crippen MR) is 121 cm³/mol. The van der Waals surface area contributed by atoms with Crippen LogP contribution in [-0.2, 0) is 17.8 Å². The highest BCUT2D eigenvalue weighted by Gasteiger charge is 2.13. The molecule has 0 aliphatic rings. The first kappa shape index (κ1) is 22.1. The Hall–Kier alpha value is -4.14. The maximum atomic E-state index is 13.3. The summed E-state index contributed by atoms with van der Waals surface area (Å²) >= 11 is 0. The van der Waals surface area contributed by atoms with E-state index in [9.17, 15) is 14.0 Å². The van der Waals surface area contributed by atoms with Crippen LogP contribution in [0.5, 0.6) is 0 Å². The van der Waals surface area contributed by atoms with Gasteiger partial charge in [0.2, 0.25) is 5.91 Å². The lowest BCUT2D eigenvalue weighted by molar-refractivity contribution is -0.121. The smallest absolute Gasteiger partial charge is 0.255 e. The van der Waals surface area contributed by atoms with Gasteiger partial charge in [0, 0.05) is 35.6 Å². The molecule has 0 spiro atoms. The van der Waals surface area contributed by atoms with Crippen LogP contribution in [0.1, 0.15) is 39.3 Å². The van der Waals surface area contributed by atoms with Gasteiger partial charge in [0.15, 0.2) is 0 Å². The zero-order chi connectivity index (χ0) is 23.4. The van der Waals surface area contributed by atoms with Crippen LogP contribution in [0.4, 0.5) is 10.1 Å². The largest absolute Gasteiger partial charge is 0.352 e. The minimum Gasteiger partial charge on any atom is -0.352 e. The highest BCUT2D eigenvalue weighted by molar-refractivity contribution is 6.04. The number of hydrogen-bond acceptors (Lipinski definition) is 5. The van der Waals surface area contributed by atoms with Gasteiger partial charge >= 0.3 is 0 Å². The lowest BCUT2D eigenvalue weighted by atomic mass is 10.1. The van der Waals surface area contributed by atoms with Crippen molar-refractivity contribution in [2.24, 2.45) is 0 Å². The third kappa shape index (κ3) is 5.20. The molecule has 0 atom stereocenters. The van der Waals surface area contributed by atoms with Crippen molar-refractivity contribution in [3.63, 3.8) is 0 Å². The number of hydrogen-bond donors (Lipinski definition) is 2. The number of amides is 2. The topological polar surface area (TPSA) is 101 Å². The van der Waals surface area contributed by atoms with Crippen LogP contribution in [-0.4, -0.2) is 31.4 Å². The molecule has 2 heterocycles. The van der Waals surface area contributed by atoms with Gasteiger partial charge in [-0.05, 0) is 61.7 Å². The lowest BCUT2D eigenvalue weighted by Crippen LogP contribution is -2.23. The van der Waals surface area contributed by atoms with E-state index in [2.05, 4.69) is 25.7 Å². The fourth-order valence-corrected chi connectivity index (χ4v) is 3.64. The van der Waals surface area contributed by atoms with Gasteiger partial charge in [0.1, 0.15) is 12.1 Å². The second-order valence-electron chi connectivity index (χ2n) is 7.67. The Morgan fingerprint density at radius 3 is 2.73 bits per heavy atom. The van der Waals surface area contributed by atoms with Gasteiger partial charge in [0.25, 0.3) is 11.7 Å². The standard InChI is InChI=1S/C24H23FN6O2/c1-15-21(16(2)31-24(29-15)27-14-28-31)9-10-22(32)26-13-17-5-3-8-20(11-17)30-23(33)18-6-4-7-19(25)12-18/h3-8,11-12,14H,9-10,13H2,1-2H3,(H,26,32)(H,30,33). The van der Waals surface area contributed by atoms with Crippen molar-refractivity contribution in [2.45, 2.75) is 33.2 Å². The van der Waals surface area contributed by atoms with E-state index in [1.165, 1.54) is 24.5 Å². The Morgan fingerprint density at radius 1 is 1.09 bits per heavy atom. The van der Waals surface area contributed by atoms with Crippen LogP contribution in [0, 0.1) is 19.7 Å². The van der Waals surface area contributed by atoms with Gasteiger partial charge in [-0.2, -0.15) is 10.1 Å². The van der Waals surface area contributed by atoms with Gasteiger partial charge in [-0.25, -0.2) is 13.9 Å². The quantitative estimate of drug-likeness (QED) is 0.453. The number of nitrogens with zero attached hydrogens (tertiary/aromatic N) is 4. The number of anilines is 1. The van der Waals surface area contributed by atoms with Crippen molar-refractivity contribution >= 4 is 23.3 Å². The molecule has 168 valence electrons. The zero-order valence-corrected chi connectivity index (χ0v) is 18.3. The van der Waals surface area contributed by atoms with Crippen molar-refractivity contribution in [1.29, 1.82) is 0 Å². The van der Waals surface area contributed by atoms with E-state index in [4.69, 9.17) is 0 Å². The summed E-state index contributed by atoms with van der Waals surface area (Å²) in [5.74, 6) is -0.426. The van der Waals surface area contributed by atoms with E-state index in [0.29, 0.717) is 30.9 Å². The first-order chi connectivity index (χ1) is 15.9. The molecule has 0 bridgehead atoms. The number of fused-ring (bicyclic) bond motifs is 1. The predicted octanol–water partition coefficient (Wildman–Crippen LogP) is 3.38. The third-order valence-corrected chi connectivity index (χ3v) is 5.35. The first-order valence-corrected chi connectivity index (χ1v) is 10.5. The van der Waals surface area contributed by atoms with Crippen molar-refractivity contribution in [3.8, 4) is 0 Å². The molecule has 4 rings (SSSR count). The first-order valence-electron chi connectivity index (χ1n) is 10.5. The molecule has 0 aliphatic carbocycles. The Morgan fingerprint density at radius 2 is 1.91 bits per heavy atom. The fourth-order valence-electron chi connectivity index (χ4n) is 3.64. The van der Waals surface area contributed by atoms with Crippen molar-refractivity contribution in [1.82, 2.24) is 24.9 Å². The number of carbonyl (C=O) groups excluding carboxylic acids is 2. The maximum Gasteiger partial charge on any atom is 0.255 e. The molecule has 0 saturated heterocycles. The Balaban J connectivity index is 1.33. The maximum absolute atomic E-state index is 13.3. The highest BCUT2D eigenvalue weighted by atomic mass is 19.1. The Kier molecular flexibility index (Phi) is 6.39. The van der Waals surface area contributed by atoms with Gasteiger partial charge in [-0.15, -0.1) is 0 Å². The van der Waals surface area contributed by atoms with E-state index >= 15 is 0 Å². The fraction of sp³-hybridized carbons (Fsp3) is 0.208. The minimum atomic E-state index is -0.471. The minimum absolute atomic E-state index is 0.0957. The van der Waals surface area contributed by atoms with Crippen LogP contribution < -0.4 is 10.6 Å². The molecule has 2 N–H and O–H groups in total. The summed E-state index contributed by atoms with van der Waals surface area (Å²) < 4.78 is 15.0. The molecule has 0 fully saturated rings. The average Bonchev–Trinajstić information content (AvgIpc) is 3.26. The Labute approximate surface area is 189 Å². The van der Waals surface area contributed by atoms with Gasteiger partial charge in [-0.3, -0.25) is 9.59 Å². The van der Waals surface area contributed by atoms with E-state index in [0.717, 1.165) is 22.5 Å². The SMILES string of the molecule is Cc1nc2ncnn2c(C)c1CCC(=O)NCc1cccc(NC(=O)c2cccc(F)c2)c1. The summed E-state index contributed by atoms with van der Waals surface area (Å²) in [5.41, 5.74) is 4.36. The normalized spacial score (nSPS) is 10.9. The number of halogens is 1. The highest BCUT2D eigenvalue weighted by Crippen LogP contribution is 2.16. The summed E-state index contributed by atoms with van der Waals surface area (Å²) in [6, 6.07) is 12.6. The molecule has 2 amide bonds. The van der Waals surface area contributed by atoms with Crippen LogP contribution >= 0.6 is 0 Å².